The van der Waals surface area contributed by atoms with Gasteiger partial charge in [0.15, 0.2) is 0 Å². The van der Waals surface area contributed by atoms with Crippen molar-refractivity contribution in [1.82, 2.24) is 9.78 Å². The lowest BCUT2D eigenvalue weighted by Gasteiger charge is -2.04. The summed E-state index contributed by atoms with van der Waals surface area (Å²) < 4.78 is 1.97. The maximum Gasteiger partial charge on any atom is 0.0671 e. The molecule has 2 N–H and O–H groups in total. The maximum atomic E-state index is 5.67. The fourth-order valence-corrected chi connectivity index (χ4v) is 2.12. The van der Waals surface area contributed by atoms with Crippen molar-refractivity contribution < 1.29 is 0 Å². The summed E-state index contributed by atoms with van der Waals surface area (Å²) in [6, 6.07) is 2.11. The average molecular weight is 207 g/mol. The van der Waals surface area contributed by atoms with E-state index in [4.69, 9.17) is 5.73 Å². The molecule has 2 aromatic heterocycles. The zero-order valence-electron chi connectivity index (χ0n) is 8.10. The molecule has 0 amide bonds. The van der Waals surface area contributed by atoms with Crippen LogP contribution in [-0.2, 0) is 13.1 Å². The number of nitrogens with two attached hydrogens (primary N) is 1. The van der Waals surface area contributed by atoms with Gasteiger partial charge in [-0.15, -0.1) is 0 Å². The second-order valence-electron chi connectivity index (χ2n) is 3.27. The molecular formula is C10H13N3S. The lowest BCUT2D eigenvalue weighted by Crippen LogP contribution is -2.10. The summed E-state index contributed by atoms with van der Waals surface area (Å²) in [5, 5.41) is 8.52. The second-order valence-corrected chi connectivity index (χ2v) is 4.05. The van der Waals surface area contributed by atoms with Crippen molar-refractivity contribution in [3.8, 4) is 0 Å². The van der Waals surface area contributed by atoms with Gasteiger partial charge in [0, 0.05) is 6.54 Å². The van der Waals surface area contributed by atoms with Crippen LogP contribution in [0.5, 0.6) is 0 Å². The highest BCUT2D eigenvalue weighted by molar-refractivity contribution is 7.07. The summed E-state index contributed by atoms with van der Waals surface area (Å²) >= 11 is 1.71. The van der Waals surface area contributed by atoms with Crippen LogP contribution < -0.4 is 5.73 Å². The topological polar surface area (TPSA) is 43.8 Å². The lowest BCUT2D eigenvalue weighted by atomic mass is 10.2. The molecule has 0 radical (unpaired) electrons. The van der Waals surface area contributed by atoms with Crippen molar-refractivity contribution in [3.63, 3.8) is 0 Å². The van der Waals surface area contributed by atoms with Gasteiger partial charge in [-0.25, -0.2) is 0 Å². The van der Waals surface area contributed by atoms with E-state index in [1.165, 1.54) is 11.1 Å². The average Bonchev–Trinajstić information content (AvgIpc) is 2.77. The molecular weight excluding hydrogens is 194 g/mol. The molecule has 0 aromatic carbocycles. The van der Waals surface area contributed by atoms with E-state index in [1.54, 1.807) is 11.3 Å². The SMILES string of the molecule is Cc1cnn(Cc2ccsc2)c1CN. The molecule has 2 aromatic rings. The van der Waals surface area contributed by atoms with Crippen LogP contribution in [0.2, 0.25) is 0 Å². The lowest BCUT2D eigenvalue weighted by molar-refractivity contribution is 0.646. The fraction of sp³-hybridized carbons (Fsp3) is 0.300. The third-order valence-corrected chi connectivity index (χ3v) is 3.00. The summed E-state index contributed by atoms with van der Waals surface area (Å²) in [4.78, 5) is 0. The van der Waals surface area contributed by atoms with Gasteiger partial charge in [-0.1, -0.05) is 0 Å². The van der Waals surface area contributed by atoms with E-state index < -0.39 is 0 Å². The Labute approximate surface area is 87.2 Å². The van der Waals surface area contributed by atoms with E-state index in [0.717, 1.165) is 12.2 Å². The fourth-order valence-electron chi connectivity index (χ4n) is 1.46. The summed E-state index contributed by atoms with van der Waals surface area (Å²) in [7, 11) is 0. The molecule has 0 unspecified atom stereocenters. The van der Waals surface area contributed by atoms with Gasteiger partial charge >= 0.3 is 0 Å². The first-order valence-corrected chi connectivity index (χ1v) is 5.48. The predicted molar refractivity (Wildman–Crippen MR) is 58.3 cm³/mol. The molecule has 4 heteroatoms. The van der Waals surface area contributed by atoms with Crippen molar-refractivity contribution in [3.05, 3.63) is 39.8 Å². The van der Waals surface area contributed by atoms with Crippen LogP contribution >= 0.6 is 11.3 Å². The Hall–Kier alpha value is -1.13. The van der Waals surface area contributed by atoms with Gasteiger partial charge in [-0.3, -0.25) is 4.68 Å². The van der Waals surface area contributed by atoms with Gasteiger partial charge in [0.2, 0.25) is 0 Å². The summed E-state index contributed by atoms with van der Waals surface area (Å²) in [5.74, 6) is 0. The van der Waals surface area contributed by atoms with Crippen LogP contribution in [0.4, 0.5) is 0 Å². The molecule has 0 aliphatic rings. The van der Waals surface area contributed by atoms with Crippen molar-refractivity contribution in [1.29, 1.82) is 0 Å². The van der Waals surface area contributed by atoms with Crippen molar-refractivity contribution in [2.75, 3.05) is 0 Å². The van der Waals surface area contributed by atoms with Gasteiger partial charge in [-0.2, -0.15) is 16.4 Å². The molecule has 0 aliphatic carbocycles. The molecule has 0 atom stereocenters. The Kier molecular flexibility index (Phi) is 2.65. The highest BCUT2D eigenvalue weighted by atomic mass is 32.1. The number of hydrogen-bond acceptors (Lipinski definition) is 3. The molecule has 0 saturated carbocycles. The van der Waals surface area contributed by atoms with Gasteiger partial charge < -0.3 is 5.73 Å². The Morgan fingerprint density at radius 2 is 2.43 bits per heavy atom. The van der Waals surface area contributed by atoms with Gasteiger partial charge in [0.05, 0.1) is 18.4 Å². The third kappa shape index (κ3) is 1.71. The van der Waals surface area contributed by atoms with E-state index in [1.807, 2.05) is 17.8 Å². The second kappa shape index (κ2) is 3.94. The number of nitrogens with zero attached hydrogens (tertiary/aromatic N) is 2. The van der Waals surface area contributed by atoms with E-state index in [9.17, 15) is 0 Å². The standard InChI is InChI=1S/C10H13N3S/c1-8-5-12-13(10(8)4-11)6-9-2-3-14-7-9/h2-3,5,7H,4,6,11H2,1H3. The van der Waals surface area contributed by atoms with Gasteiger partial charge in [-0.05, 0) is 34.9 Å². The van der Waals surface area contributed by atoms with E-state index >= 15 is 0 Å². The molecule has 14 heavy (non-hydrogen) atoms. The quantitative estimate of drug-likeness (QED) is 0.833. The Bertz CT molecular complexity index is 403. The Morgan fingerprint density at radius 3 is 3.07 bits per heavy atom. The van der Waals surface area contributed by atoms with Crippen molar-refractivity contribution in [2.45, 2.75) is 20.0 Å². The minimum atomic E-state index is 0.552. The molecule has 0 aliphatic heterocycles. The van der Waals surface area contributed by atoms with E-state index in [0.29, 0.717) is 6.54 Å². The number of hydrogen-bond donors (Lipinski definition) is 1. The minimum absolute atomic E-state index is 0.552. The predicted octanol–water partition coefficient (Wildman–Crippen LogP) is 1.76. The summed E-state index contributed by atoms with van der Waals surface area (Å²) in [5.41, 5.74) is 9.24. The molecule has 2 rings (SSSR count). The van der Waals surface area contributed by atoms with Crippen LogP contribution in [0.15, 0.2) is 23.0 Å². The van der Waals surface area contributed by atoms with Gasteiger partial charge in [0.1, 0.15) is 0 Å². The summed E-state index contributed by atoms with van der Waals surface area (Å²) in [6.45, 7) is 3.42. The highest BCUT2D eigenvalue weighted by Crippen LogP contribution is 2.11. The third-order valence-electron chi connectivity index (χ3n) is 2.26. The van der Waals surface area contributed by atoms with E-state index in [-0.39, 0.29) is 0 Å². The minimum Gasteiger partial charge on any atom is -0.325 e. The number of thiophene rings is 1. The Balaban J connectivity index is 2.25. The van der Waals surface area contributed by atoms with Crippen LogP contribution in [0.25, 0.3) is 0 Å². The Morgan fingerprint density at radius 1 is 1.57 bits per heavy atom. The molecule has 0 bridgehead atoms. The number of aromatic nitrogens is 2. The van der Waals surface area contributed by atoms with Gasteiger partial charge in [0.25, 0.3) is 0 Å². The zero-order valence-corrected chi connectivity index (χ0v) is 8.92. The van der Waals surface area contributed by atoms with E-state index in [2.05, 4.69) is 21.9 Å². The number of aryl methyl sites for hydroxylation is 1. The van der Waals surface area contributed by atoms with Crippen LogP contribution in [0, 0.1) is 6.92 Å². The monoisotopic (exact) mass is 207 g/mol. The van der Waals surface area contributed by atoms with Crippen LogP contribution in [0.1, 0.15) is 16.8 Å². The molecule has 74 valence electrons. The van der Waals surface area contributed by atoms with Crippen LogP contribution in [-0.4, -0.2) is 9.78 Å². The highest BCUT2D eigenvalue weighted by Gasteiger charge is 2.05. The molecule has 2 heterocycles. The van der Waals surface area contributed by atoms with Crippen molar-refractivity contribution >= 4 is 11.3 Å². The smallest absolute Gasteiger partial charge is 0.0671 e. The molecule has 3 nitrogen and oxygen atoms in total. The molecule has 0 spiro atoms. The first-order valence-electron chi connectivity index (χ1n) is 4.53. The zero-order chi connectivity index (χ0) is 9.97. The maximum absolute atomic E-state index is 5.67. The largest absolute Gasteiger partial charge is 0.325 e. The summed E-state index contributed by atoms with van der Waals surface area (Å²) in [6.07, 6.45) is 1.87. The molecule has 0 saturated heterocycles. The first-order chi connectivity index (χ1) is 6.81. The first kappa shape index (κ1) is 9.43. The molecule has 0 fully saturated rings. The number of rotatable bonds is 3. The van der Waals surface area contributed by atoms with Crippen LogP contribution in [0.3, 0.4) is 0 Å². The van der Waals surface area contributed by atoms with Crippen molar-refractivity contribution in [2.24, 2.45) is 5.73 Å². The normalized spacial score (nSPS) is 10.7.